The molecule has 0 N–H and O–H groups in total. The highest BCUT2D eigenvalue weighted by molar-refractivity contribution is 7.83. The summed E-state index contributed by atoms with van der Waals surface area (Å²) in [7, 11) is 1.58. The molecule has 2 aromatic carbocycles. The number of Topliss-reactive ketones (excluding diaryl/α,β-unsaturated/α-hetero) is 1. The molecule has 0 saturated carbocycles. The largest absolute Gasteiger partial charge is 0.329 e. The minimum absolute atomic E-state index is 0.123. The fourth-order valence-electron chi connectivity index (χ4n) is 4.06. The predicted octanol–water partition coefficient (Wildman–Crippen LogP) is 5.04. The van der Waals surface area contributed by atoms with Crippen molar-refractivity contribution in [3.8, 4) is 0 Å². The van der Waals surface area contributed by atoms with Gasteiger partial charge in [0, 0.05) is 29.6 Å². The molecule has 148 valence electrons. The van der Waals surface area contributed by atoms with E-state index in [-0.39, 0.29) is 17.0 Å². The highest BCUT2D eigenvalue weighted by atomic mass is 35.5. The molecule has 2 unspecified atom stereocenters. The summed E-state index contributed by atoms with van der Waals surface area (Å²) in [5.41, 5.74) is 0.0373. The number of thiophene rings is 1. The Balaban J connectivity index is 1.95. The number of thiol groups is 1. The van der Waals surface area contributed by atoms with Crippen molar-refractivity contribution in [2.45, 2.75) is 16.7 Å². The van der Waals surface area contributed by atoms with Gasteiger partial charge >= 0.3 is 0 Å². The van der Waals surface area contributed by atoms with Gasteiger partial charge in [0.1, 0.15) is 11.4 Å². The van der Waals surface area contributed by atoms with Gasteiger partial charge in [-0.25, -0.2) is 4.39 Å². The van der Waals surface area contributed by atoms with Crippen molar-refractivity contribution < 1.29 is 14.0 Å². The number of carbonyl (C=O) groups excluding carboxylic acids is 2. The Morgan fingerprint density at radius 3 is 2.34 bits per heavy atom. The molecule has 1 amide bonds. The molecule has 2 atom stereocenters. The molecule has 1 aliphatic rings. The van der Waals surface area contributed by atoms with Crippen molar-refractivity contribution in [2.75, 3.05) is 7.05 Å². The lowest BCUT2D eigenvalue weighted by atomic mass is 9.71. The predicted molar refractivity (Wildman–Crippen MR) is 116 cm³/mol. The summed E-state index contributed by atoms with van der Waals surface area (Å²) in [6.07, 6.45) is -0.123. The van der Waals surface area contributed by atoms with Crippen LogP contribution in [0, 0.1) is 5.82 Å². The van der Waals surface area contributed by atoms with Gasteiger partial charge in [0.05, 0.1) is 0 Å². The number of piperidine rings is 1. The van der Waals surface area contributed by atoms with E-state index in [1.165, 1.54) is 22.3 Å². The first-order chi connectivity index (χ1) is 13.8. The smallest absolute Gasteiger partial charge is 0.251 e. The van der Waals surface area contributed by atoms with Crippen LogP contribution in [0.3, 0.4) is 0 Å². The van der Waals surface area contributed by atoms with Crippen LogP contribution in [-0.4, -0.2) is 23.6 Å². The number of likely N-dealkylation sites (N-methyl/N-ethyl adjacent to an activating group) is 1. The monoisotopic (exact) mass is 445 g/mol. The van der Waals surface area contributed by atoms with Crippen LogP contribution in [0.4, 0.5) is 4.39 Å². The molecule has 0 bridgehead atoms. The first kappa shape index (κ1) is 20.1. The summed E-state index contributed by atoms with van der Waals surface area (Å²) in [6, 6.07) is 14.7. The summed E-state index contributed by atoms with van der Waals surface area (Å²) in [5, 5.41) is 3.97. The summed E-state index contributed by atoms with van der Waals surface area (Å²) < 4.78 is 13.2. The Hall–Kier alpha value is -2.15. The molecular formula is C22H17ClFNO2S2. The first-order valence-electron chi connectivity index (χ1n) is 8.90. The zero-order valence-corrected chi connectivity index (χ0v) is 17.9. The van der Waals surface area contributed by atoms with Crippen molar-refractivity contribution >= 4 is 47.3 Å². The lowest BCUT2D eigenvalue weighted by Gasteiger charge is -2.50. The average molecular weight is 446 g/mol. The van der Waals surface area contributed by atoms with Crippen LogP contribution in [0.25, 0.3) is 0 Å². The number of halogens is 2. The summed E-state index contributed by atoms with van der Waals surface area (Å²) >= 11 is 12.3. The van der Waals surface area contributed by atoms with Gasteiger partial charge in [-0.05, 0) is 34.5 Å². The molecule has 3 nitrogen and oxygen atoms in total. The molecule has 0 aliphatic carbocycles. The average Bonchev–Trinajstić information content (AvgIpc) is 3.25. The Bertz CT molecular complexity index is 1100. The molecule has 2 heterocycles. The van der Waals surface area contributed by atoms with E-state index in [1.54, 1.807) is 49.5 Å². The normalized spacial score (nSPS) is 24.8. The van der Waals surface area contributed by atoms with Gasteiger partial charge in [0.25, 0.3) is 5.91 Å². The van der Waals surface area contributed by atoms with Gasteiger partial charge in [-0.15, -0.1) is 0 Å². The van der Waals surface area contributed by atoms with Crippen molar-refractivity contribution in [3.63, 3.8) is 0 Å². The molecule has 7 heteroatoms. The number of likely N-dealkylation sites (tertiary alicyclic amines) is 1. The summed E-state index contributed by atoms with van der Waals surface area (Å²) in [4.78, 5) is 28.6. The number of rotatable bonds is 3. The maximum atomic E-state index is 14.9. The van der Waals surface area contributed by atoms with E-state index in [9.17, 15) is 14.0 Å². The second kappa shape index (κ2) is 7.27. The molecule has 1 fully saturated rings. The first-order valence-corrected chi connectivity index (χ1v) is 10.7. The molecule has 0 spiro atoms. The number of hydrogen-bond acceptors (Lipinski definition) is 4. The van der Waals surface area contributed by atoms with Crippen molar-refractivity contribution in [3.05, 3.63) is 92.9 Å². The number of amides is 1. The SMILES string of the molecule is CN1C(=O)C(S)(c2ccccc2Cl)C(=O)CC1(c1ccsc1)c1ccccc1F. The molecule has 29 heavy (non-hydrogen) atoms. The second-order valence-corrected chi connectivity index (χ2v) is 8.86. The molecule has 0 radical (unpaired) electrons. The Morgan fingerprint density at radius 2 is 1.72 bits per heavy atom. The fraction of sp³-hybridized carbons (Fsp3) is 0.182. The van der Waals surface area contributed by atoms with Crippen LogP contribution < -0.4 is 0 Å². The van der Waals surface area contributed by atoms with Gasteiger partial charge in [0.15, 0.2) is 10.5 Å². The van der Waals surface area contributed by atoms with E-state index in [2.05, 4.69) is 12.6 Å². The summed E-state index contributed by atoms with van der Waals surface area (Å²) in [6.45, 7) is 0. The number of carbonyl (C=O) groups is 2. The minimum atomic E-state index is -1.74. The van der Waals surface area contributed by atoms with E-state index in [1.807, 2.05) is 16.8 Å². The highest BCUT2D eigenvalue weighted by Crippen LogP contribution is 2.50. The Labute approximate surface area is 182 Å². The van der Waals surface area contributed by atoms with Crippen molar-refractivity contribution in [1.82, 2.24) is 4.90 Å². The molecule has 3 aromatic rings. The van der Waals surface area contributed by atoms with Gasteiger partial charge in [-0.2, -0.15) is 24.0 Å². The topological polar surface area (TPSA) is 37.4 Å². The van der Waals surface area contributed by atoms with Crippen molar-refractivity contribution in [2.24, 2.45) is 0 Å². The standard InChI is InChI=1S/C22H17ClFNO2S2/c1-25-20(27)22(28,15-6-2-4-8-17(15)23)19(26)12-21(25,14-10-11-29-13-14)16-7-3-5-9-18(16)24/h2-11,13,28H,12H2,1H3. The lowest BCUT2D eigenvalue weighted by molar-refractivity contribution is -0.149. The lowest BCUT2D eigenvalue weighted by Crippen LogP contribution is -2.62. The van der Waals surface area contributed by atoms with E-state index >= 15 is 0 Å². The number of benzene rings is 2. The third-order valence-electron chi connectivity index (χ3n) is 5.59. The third-order valence-corrected chi connectivity index (χ3v) is 7.28. The highest BCUT2D eigenvalue weighted by Gasteiger charge is 2.59. The zero-order valence-electron chi connectivity index (χ0n) is 15.4. The van der Waals surface area contributed by atoms with E-state index in [0.717, 1.165) is 0 Å². The van der Waals surface area contributed by atoms with Crippen LogP contribution >= 0.6 is 35.6 Å². The third kappa shape index (κ3) is 2.85. The number of hydrogen-bond donors (Lipinski definition) is 1. The van der Waals surface area contributed by atoms with Crippen molar-refractivity contribution in [1.29, 1.82) is 0 Å². The summed E-state index contributed by atoms with van der Waals surface area (Å²) in [5.74, 6) is -1.44. The molecule has 1 aromatic heterocycles. The molecule has 1 aliphatic heterocycles. The zero-order chi connectivity index (χ0) is 20.8. The quantitative estimate of drug-likeness (QED) is 0.453. The van der Waals surface area contributed by atoms with Crippen LogP contribution in [-0.2, 0) is 19.9 Å². The second-order valence-electron chi connectivity index (χ2n) is 7.01. The Kier molecular flexibility index (Phi) is 5.05. The van der Waals surface area contributed by atoms with Gasteiger partial charge < -0.3 is 4.90 Å². The maximum absolute atomic E-state index is 14.9. The van der Waals surface area contributed by atoms with Crippen LogP contribution in [0.5, 0.6) is 0 Å². The van der Waals surface area contributed by atoms with Gasteiger partial charge in [0.2, 0.25) is 0 Å². The van der Waals surface area contributed by atoms with Crippen LogP contribution in [0.15, 0.2) is 65.4 Å². The Morgan fingerprint density at radius 1 is 1.07 bits per heavy atom. The number of ketones is 1. The molecular weight excluding hydrogens is 429 g/mol. The van der Waals surface area contributed by atoms with E-state index in [0.29, 0.717) is 11.1 Å². The molecule has 1 saturated heterocycles. The van der Waals surface area contributed by atoms with Gasteiger partial charge in [-0.1, -0.05) is 48.0 Å². The number of nitrogens with zero attached hydrogens (tertiary/aromatic N) is 1. The maximum Gasteiger partial charge on any atom is 0.251 e. The van der Waals surface area contributed by atoms with E-state index < -0.39 is 27.8 Å². The van der Waals surface area contributed by atoms with Gasteiger partial charge in [-0.3, -0.25) is 9.59 Å². The minimum Gasteiger partial charge on any atom is -0.329 e. The fourth-order valence-corrected chi connectivity index (χ4v) is 5.55. The van der Waals surface area contributed by atoms with Crippen LogP contribution in [0.2, 0.25) is 5.02 Å². The van der Waals surface area contributed by atoms with E-state index in [4.69, 9.17) is 11.6 Å². The molecule has 4 rings (SSSR count). The van der Waals surface area contributed by atoms with Crippen LogP contribution in [0.1, 0.15) is 23.1 Å².